The van der Waals surface area contributed by atoms with E-state index in [2.05, 4.69) is 10.4 Å². The van der Waals surface area contributed by atoms with E-state index >= 15 is 0 Å². The van der Waals surface area contributed by atoms with Gasteiger partial charge in [0.2, 0.25) is 0 Å². The van der Waals surface area contributed by atoms with Crippen molar-refractivity contribution in [3.05, 3.63) is 52.8 Å². The summed E-state index contributed by atoms with van der Waals surface area (Å²) >= 11 is 0. The van der Waals surface area contributed by atoms with Crippen LogP contribution in [0.3, 0.4) is 0 Å². The molecule has 2 aromatic rings. The molecule has 0 aliphatic carbocycles. The standard InChI is InChI=1S/C16H17F2N3O/c17-15(18)12-6-4-11(5-7-12)9-19-16(22)13-10-20-21-8-2-1-3-14(13)21/h4-7,10,15H,1-3,8-9H2,(H,19,22). The molecule has 1 aliphatic heterocycles. The number of nitrogens with zero attached hydrogens (tertiary/aromatic N) is 2. The van der Waals surface area contributed by atoms with Crippen LogP contribution >= 0.6 is 0 Å². The van der Waals surface area contributed by atoms with Crippen LogP contribution in [0.2, 0.25) is 0 Å². The summed E-state index contributed by atoms with van der Waals surface area (Å²) in [5, 5.41) is 7.06. The summed E-state index contributed by atoms with van der Waals surface area (Å²) in [5.41, 5.74) is 2.38. The number of alkyl halides is 2. The van der Waals surface area contributed by atoms with Gasteiger partial charge in [-0.1, -0.05) is 24.3 Å². The van der Waals surface area contributed by atoms with E-state index in [9.17, 15) is 13.6 Å². The van der Waals surface area contributed by atoms with Crippen LogP contribution in [0.15, 0.2) is 30.5 Å². The van der Waals surface area contributed by atoms with E-state index < -0.39 is 6.43 Å². The van der Waals surface area contributed by atoms with Crippen molar-refractivity contribution in [2.75, 3.05) is 0 Å². The Labute approximate surface area is 127 Å². The van der Waals surface area contributed by atoms with Gasteiger partial charge in [-0.2, -0.15) is 5.10 Å². The first kappa shape index (κ1) is 14.7. The predicted octanol–water partition coefficient (Wildman–Crippen LogP) is 3.09. The van der Waals surface area contributed by atoms with Crippen LogP contribution in [0.4, 0.5) is 8.78 Å². The lowest BCUT2D eigenvalue weighted by Crippen LogP contribution is -2.24. The Balaban J connectivity index is 1.64. The second-order valence-electron chi connectivity index (χ2n) is 5.41. The summed E-state index contributed by atoms with van der Waals surface area (Å²) in [5.74, 6) is -0.166. The van der Waals surface area contributed by atoms with E-state index in [-0.39, 0.29) is 11.5 Å². The summed E-state index contributed by atoms with van der Waals surface area (Å²) in [6.45, 7) is 1.17. The van der Waals surface area contributed by atoms with Crippen LogP contribution in [0.1, 0.15) is 46.4 Å². The van der Waals surface area contributed by atoms with Crippen LogP contribution in [-0.4, -0.2) is 15.7 Å². The monoisotopic (exact) mass is 305 g/mol. The zero-order valence-corrected chi connectivity index (χ0v) is 12.1. The van der Waals surface area contributed by atoms with Crippen molar-refractivity contribution in [2.24, 2.45) is 0 Å². The van der Waals surface area contributed by atoms with Gasteiger partial charge >= 0.3 is 0 Å². The molecule has 1 aromatic carbocycles. The first-order chi connectivity index (χ1) is 10.6. The topological polar surface area (TPSA) is 46.9 Å². The molecule has 1 aliphatic rings. The summed E-state index contributed by atoms with van der Waals surface area (Å²) in [6.07, 6.45) is 2.16. The summed E-state index contributed by atoms with van der Waals surface area (Å²) in [7, 11) is 0. The van der Waals surface area contributed by atoms with Crippen LogP contribution in [-0.2, 0) is 19.5 Å². The molecule has 0 spiro atoms. The van der Waals surface area contributed by atoms with E-state index in [1.807, 2.05) is 4.68 Å². The highest BCUT2D eigenvalue weighted by Gasteiger charge is 2.19. The van der Waals surface area contributed by atoms with Crippen molar-refractivity contribution in [3.63, 3.8) is 0 Å². The molecule has 6 heteroatoms. The van der Waals surface area contributed by atoms with Gasteiger partial charge in [0.25, 0.3) is 12.3 Å². The Morgan fingerprint density at radius 2 is 2.05 bits per heavy atom. The number of carbonyl (C=O) groups excluding carboxylic acids is 1. The Morgan fingerprint density at radius 3 is 2.77 bits per heavy atom. The van der Waals surface area contributed by atoms with Gasteiger partial charge < -0.3 is 5.32 Å². The van der Waals surface area contributed by atoms with E-state index in [0.717, 1.165) is 37.1 Å². The Morgan fingerprint density at radius 1 is 1.27 bits per heavy atom. The van der Waals surface area contributed by atoms with Crippen molar-refractivity contribution in [1.82, 2.24) is 15.1 Å². The molecule has 0 radical (unpaired) electrons. The van der Waals surface area contributed by atoms with Crippen LogP contribution in [0.5, 0.6) is 0 Å². The van der Waals surface area contributed by atoms with Crippen molar-refractivity contribution >= 4 is 5.91 Å². The number of rotatable bonds is 4. The minimum atomic E-state index is -2.47. The quantitative estimate of drug-likeness (QED) is 0.943. The zero-order valence-electron chi connectivity index (χ0n) is 12.1. The number of fused-ring (bicyclic) bond motifs is 1. The molecule has 0 bridgehead atoms. The Bertz CT molecular complexity index is 665. The summed E-state index contributed by atoms with van der Waals surface area (Å²) in [6, 6.07) is 5.98. The third-order valence-corrected chi connectivity index (χ3v) is 3.91. The van der Waals surface area contributed by atoms with Gasteiger partial charge in [-0.15, -0.1) is 0 Å². The lowest BCUT2D eigenvalue weighted by molar-refractivity contribution is 0.0949. The fourth-order valence-corrected chi connectivity index (χ4v) is 2.67. The first-order valence-corrected chi connectivity index (χ1v) is 7.35. The van der Waals surface area contributed by atoms with E-state index in [4.69, 9.17) is 0 Å². The molecule has 0 fully saturated rings. The fourth-order valence-electron chi connectivity index (χ4n) is 2.67. The number of nitrogens with one attached hydrogen (secondary N) is 1. The van der Waals surface area contributed by atoms with Gasteiger partial charge in [0.1, 0.15) is 0 Å². The molecule has 116 valence electrons. The number of hydrogen-bond acceptors (Lipinski definition) is 2. The number of aromatic nitrogens is 2. The minimum absolute atomic E-state index is 0.0132. The van der Waals surface area contributed by atoms with Crippen molar-refractivity contribution in [1.29, 1.82) is 0 Å². The predicted molar refractivity (Wildman–Crippen MR) is 77.7 cm³/mol. The molecule has 3 rings (SSSR count). The number of hydrogen-bond donors (Lipinski definition) is 1. The highest BCUT2D eigenvalue weighted by molar-refractivity contribution is 5.95. The lowest BCUT2D eigenvalue weighted by atomic mass is 10.1. The molecule has 4 nitrogen and oxygen atoms in total. The maximum absolute atomic E-state index is 12.5. The van der Waals surface area contributed by atoms with Gasteiger partial charge in [0, 0.05) is 18.7 Å². The minimum Gasteiger partial charge on any atom is -0.348 e. The van der Waals surface area contributed by atoms with Crippen LogP contribution in [0, 0.1) is 0 Å². The molecular formula is C16H17F2N3O. The molecule has 0 saturated carbocycles. The number of halogens is 2. The molecule has 0 atom stereocenters. The zero-order chi connectivity index (χ0) is 15.5. The first-order valence-electron chi connectivity index (χ1n) is 7.35. The average Bonchev–Trinajstić information content (AvgIpc) is 2.97. The molecule has 1 amide bonds. The van der Waals surface area contributed by atoms with E-state index in [0.29, 0.717) is 12.1 Å². The summed E-state index contributed by atoms with van der Waals surface area (Å²) in [4.78, 5) is 12.2. The normalized spacial score (nSPS) is 14.0. The SMILES string of the molecule is O=C(NCc1ccc(C(F)F)cc1)c1cnn2c1CCCC2. The van der Waals surface area contributed by atoms with Gasteiger partial charge in [-0.05, 0) is 24.8 Å². The summed E-state index contributed by atoms with van der Waals surface area (Å²) < 4.78 is 26.8. The Hall–Kier alpha value is -2.24. The smallest absolute Gasteiger partial charge is 0.263 e. The molecule has 0 saturated heterocycles. The molecular weight excluding hydrogens is 288 g/mol. The third kappa shape index (κ3) is 3.00. The highest BCUT2D eigenvalue weighted by atomic mass is 19.3. The lowest BCUT2D eigenvalue weighted by Gasteiger charge is -2.14. The van der Waals surface area contributed by atoms with Gasteiger partial charge in [0.05, 0.1) is 17.5 Å². The average molecular weight is 305 g/mol. The molecule has 22 heavy (non-hydrogen) atoms. The van der Waals surface area contributed by atoms with Crippen molar-refractivity contribution < 1.29 is 13.6 Å². The number of aryl methyl sites for hydroxylation is 1. The van der Waals surface area contributed by atoms with Crippen LogP contribution in [0.25, 0.3) is 0 Å². The second-order valence-corrected chi connectivity index (χ2v) is 5.41. The molecule has 1 aromatic heterocycles. The molecule has 2 heterocycles. The van der Waals surface area contributed by atoms with Gasteiger partial charge in [0.15, 0.2) is 0 Å². The van der Waals surface area contributed by atoms with Gasteiger partial charge in [-0.25, -0.2) is 8.78 Å². The number of amides is 1. The van der Waals surface area contributed by atoms with Crippen molar-refractivity contribution in [2.45, 2.75) is 38.8 Å². The molecule has 0 unspecified atom stereocenters. The van der Waals surface area contributed by atoms with Crippen molar-refractivity contribution in [3.8, 4) is 0 Å². The largest absolute Gasteiger partial charge is 0.348 e. The number of benzene rings is 1. The third-order valence-electron chi connectivity index (χ3n) is 3.91. The second kappa shape index (κ2) is 6.25. The maximum Gasteiger partial charge on any atom is 0.263 e. The fraction of sp³-hybridized carbons (Fsp3) is 0.375. The van der Waals surface area contributed by atoms with E-state index in [1.54, 1.807) is 18.3 Å². The Kier molecular flexibility index (Phi) is 4.18. The van der Waals surface area contributed by atoms with Gasteiger partial charge in [-0.3, -0.25) is 9.48 Å². The maximum atomic E-state index is 12.5. The van der Waals surface area contributed by atoms with E-state index in [1.165, 1.54) is 12.1 Å². The number of carbonyl (C=O) groups is 1. The van der Waals surface area contributed by atoms with Crippen LogP contribution < -0.4 is 5.32 Å². The molecule has 1 N–H and O–H groups in total. The highest BCUT2D eigenvalue weighted by Crippen LogP contribution is 2.19.